The molecule has 6 heteroatoms. The van der Waals surface area contributed by atoms with Gasteiger partial charge >= 0.3 is 5.97 Å². The smallest absolute Gasteiger partial charge is 0.308 e. The van der Waals surface area contributed by atoms with Crippen molar-refractivity contribution >= 4 is 17.8 Å². The van der Waals surface area contributed by atoms with E-state index >= 15 is 0 Å². The number of hydrogen-bond acceptors (Lipinski definition) is 3. The lowest BCUT2D eigenvalue weighted by Gasteiger charge is -2.29. The average molecular weight is 352 g/mol. The van der Waals surface area contributed by atoms with Gasteiger partial charge in [0.15, 0.2) is 0 Å². The van der Waals surface area contributed by atoms with Crippen molar-refractivity contribution in [3.05, 3.63) is 0 Å². The van der Waals surface area contributed by atoms with Gasteiger partial charge in [-0.1, -0.05) is 26.2 Å². The first-order valence-electron chi connectivity index (χ1n) is 9.75. The Hall–Kier alpha value is -1.59. The van der Waals surface area contributed by atoms with Crippen molar-refractivity contribution in [1.82, 2.24) is 10.6 Å². The summed E-state index contributed by atoms with van der Waals surface area (Å²) in [6.07, 6.45) is 9.94. The Bertz CT molecular complexity index is 466. The zero-order valence-electron chi connectivity index (χ0n) is 15.3. The molecule has 1 unspecified atom stereocenters. The molecule has 0 aromatic rings. The monoisotopic (exact) mass is 352 g/mol. The highest BCUT2D eigenvalue weighted by molar-refractivity contribution is 5.80. The van der Waals surface area contributed by atoms with Gasteiger partial charge in [0, 0.05) is 24.9 Å². The van der Waals surface area contributed by atoms with Crippen LogP contribution >= 0.6 is 0 Å². The molecule has 0 heterocycles. The second-order valence-electron chi connectivity index (χ2n) is 7.81. The van der Waals surface area contributed by atoms with E-state index in [9.17, 15) is 14.4 Å². The first-order valence-corrected chi connectivity index (χ1v) is 9.75. The van der Waals surface area contributed by atoms with Gasteiger partial charge in [-0.2, -0.15) is 0 Å². The predicted octanol–water partition coefficient (Wildman–Crippen LogP) is 2.47. The van der Waals surface area contributed by atoms with Crippen molar-refractivity contribution in [2.24, 2.45) is 17.8 Å². The van der Waals surface area contributed by atoms with Crippen molar-refractivity contribution < 1.29 is 19.5 Å². The van der Waals surface area contributed by atoms with E-state index < -0.39 is 11.9 Å². The van der Waals surface area contributed by atoms with E-state index in [2.05, 4.69) is 10.6 Å². The van der Waals surface area contributed by atoms with Gasteiger partial charge in [-0.25, -0.2) is 0 Å². The number of nitrogens with one attached hydrogen (secondary N) is 2. The van der Waals surface area contributed by atoms with Gasteiger partial charge in [-0.15, -0.1) is 0 Å². The average Bonchev–Trinajstić information content (AvgIpc) is 2.60. The maximum Gasteiger partial charge on any atom is 0.308 e. The van der Waals surface area contributed by atoms with E-state index in [-0.39, 0.29) is 30.3 Å². The molecule has 2 aliphatic rings. The summed E-state index contributed by atoms with van der Waals surface area (Å²) in [5.74, 6) is -0.876. The van der Waals surface area contributed by atoms with Crippen LogP contribution in [0.15, 0.2) is 0 Å². The van der Waals surface area contributed by atoms with Crippen molar-refractivity contribution in [1.29, 1.82) is 0 Å². The van der Waals surface area contributed by atoms with Gasteiger partial charge < -0.3 is 15.7 Å². The molecule has 0 spiro atoms. The minimum absolute atomic E-state index is 0.0555. The minimum atomic E-state index is -0.898. The molecule has 3 N–H and O–H groups in total. The topological polar surface area (TPSA) is 95.5 Å². The molecule has 0 saturated heterocycles. The standard InChI is InChI=1S/C19H32N2O4/c1-13(19(24)25)12-20-18(23)15-7-9-16(10-8-15)21-17(22)11-14-5-3-2-4-6-14/h13-16H,2-12H2,1H3,(H,20,23)(H,21,22)(H,24,25). The third-order valence-electron chi connectivity index (χ3n) is 5.67. The van der Waals surface area contributed by atoms with Crippen LogP contribution < -0.4 is 10.6 Å². The van der Waals surface area contributed by atoms with Crippen LogP contribution in [0.3, 0.4) is 0 Å². The van der Waals surface area contributed by atoms with Crippen LogP contribution in [0, 0.1) is 17.8 Å². The van der Waals surface area contributed by atoms with E-state index in [1.165, 1.54) is 32.1 Å². The lowest BCUT2D eigenvalue weighted by Crippen LogP contribution is -2.42. The van der Waals surface area contributed by atoms with E-state index in [0.29, 0.717) is 12.3 Å². The van der Waals surface area contributed by atoms with Gasteiger partial charge in [0.2, 0.25) is 11.8 Å². The number of carboxylic acid groups (broad SMARTS) is 1. The first-order chi connectivity index (χ1) is 12.0. The van der Waals surface area contributed by atoms with Crippen molar-refractivity contribution in [3.8, 4) is 0 Å². The molecular weight excluding hydrogens is 320 g/mol. The fourth-order valence-electron chi connectivity index (χ4n) is 3.93. The third-order valence-corrected chi connectivity index (χ3v) is 5.67. The molecule has 2 amide bonds. The molecule has 0 bridgehead atoms. The van der Waals surface area contributed by atoms with Gasteiger partial charge in [0.05, 0.1) is 5.92 Å². The van der Waals surface area contributed by atoms with E-state index in [4.69, 9.17) is 5.11 Å². The molecule has 0 aromatic carbocycles. The maximum absolute atomic E-state index is 12.2. The van der Waals surface area contributed by atoms with Gasteiger partial charge in [0.25, 0.3) is 0 Å². The Kier molecular flexibility index (Phi) is 7.72. The molecule has 0 aromatic heterocycles. The van der Waals surface area contributed by atoms with Crippen LogP contribution in [-0.4, -0.2) is 35.5 Å². The van der Waals surface area contributed by atoms with Crippen molar-refractivity contribution in [3.63, 3.8) is 0 Å². The second-order valence-corrected chi connectivity index (χ2v) is 7.81. The summed E-state index contributed by atoms with van der Waals surface area (Å²) in [5, 5.41) is 14.7. The Morgan fingerprint density at radius 3 is 2.24 bits per heavy atom. The van der Waals surface area contributed by atoms with Crippen molar-refractivity contribution in [2.75, 3.05) is 6.54 Å². The SMILES string of the molecule is CC(CNC(=O)C1CCC(NC(=O)CC2CCCCC2)CC1)C(=O)O. The number of amides is 2. The highest BCUT2D eigenvalue weighted by Gasteiger charge is 2.28. The lowest BCUT2D eigenvalue weighted by atomic mass is 9.84. The molecule has 0 radical (unpaired) electrons. The predicted molar refractivity (Wildman–Crippen MR) is 94.9 cm³/mol. The largest absolute Gasteiger partial charge is 0.481 e. The number of carbonyl (C=O) groups is 3. The fourth-order valence-corrected chi connectivity index (χ4v) is 3.93. The van der Waals surface area contributed by atoms with Gasteiger partial charge in [0.1, 0.15) is 0 Å². The lowest BCUT2D eigenvalue weighted by molar-refractivity contribution is -0.141. The van der Waals surface area contributed by atoms with E-state index in [1.54, 1.807) is 6.92 Å². The van der Waals surface area contributed by atoms with Gasteiger partial charge in [-0.3, -0.25) is 14.4 Å². The van der Waals surface area contributed by atoms with E-state index in [1.807, 2.05) is 0 Å². The summed E-state index contributed by atoms with van der Waals surface area (Å²) in [6, 6.07) is 0.179. The van der Waals surface area contributed by atoms with Crippen LogP contribution in [0.4, 0.5) is 0 Å². The molecule has 2 aliphatic carbocycles. The van der Waals surface area contributed by atoms with Crippen LogP contribution in [0.1, 0.15) is 71.1 Å². The molecule has 0 aliphatic heterocycles. The number of hydrogen-bond donors (Lipinski definition) is 3. The van der Waals surface area contributed by atoms with E-state index in [0.717, 1.165) is 25.7 Å². The first kappa shape index (κ1) is 19.7. The van der Waals surface area contributed by atoms with Gasteiger partial charge in [-0.05, 0) is 44.4 Å². The Balaban J connectivity index is 1.64. The Morgan fingerprint density at radius 1 is 1.00 bits per heavy atom. The third kappa shape index (κ3) is 6.67. The molecule has 1 atom stereocenters. The molecule has 2 fully saturated rings. The summed E-state index contributed by atoms with van der Waals surface area (Å²) in [5.41, 5.74) is 0. The summed E-state index contributed by atoms with van der Waals surface area (Å²) >= 11 is 0. The van der Waals surface area contributed by atoms with Crippen molar-refractivity contribution in [2.45, 2.75) is 77.2 Å². The summed E-state index contributed by atoms with van der Waals surface area (Å²) in [4.78, 5) is 35.1. The molecule has 142 valence electrons. The number of carbonyl (C=O) groups excluding carboxylic acids is 2. The van der Waals surface area contributed by atoms with Crippen LogP contribution in [0.2, 0.25) is 0 Å². The highest BCUT2D eigenvalue weighted by Crippen LogP contribution is 2.27. The molecule has 2 rings (SSSR count). The quantitative estimate of drug-likeness (QED) is 0.656. The molecule has 25 heavy (non-hydrogen) atoms. The highest BCUT2D eigenvalue weighted by atomic mass is 16.4. The van der Waals surface area contributed by atoms with Crippen LogP contribution in [0.5, 0.6) is 0 Å². The molecular formula is C19H32N2O4. The Labute approximate surface area is 150 Å². The summed E-state index contributed by atoms with van der Waals surface area (Å²) in [6.45, 7) is 1.76. The maximum atomic E-state index is 12.2. The number of aliphatic carboxylic acids is 1. The fraction of sp³-hybridized carbons (Fsp3) is 0.842. The Morgan fingerprint density at radius 2 is 1.64 bits per heavy atom. The van der Waals surface area contributed by atoms with Crippen LogP contribution in [0.25, 0.3) is 0 Å². The molecule has 6 nitrogen and oxygen atoms in total. The van der Waals surface area contributed by atoms with Crippen LogP contribution in [-0.2, 0) is 14.4 Å². The number of rotatable bonds is 7. The second kappa shape index (κ2) is 9.78. The minimum Gasteiger partial charge on any atom is -0.481 e. The normalized spacial score (nSPS) is 25.8. The zero-order chi connectivity index (χ0) is 18.2. The zero-order valence-corrected chi connectivity index (χ0v) is 15.3. The summed E-state index contributed by atoms with van der Waals surface area (Å²) in [7, 11) is 0. The summed E-state index contributed by atoms with van der Waals surface area (Å²) < 4.78 is 0. The molecule has 2 saturated carbocycles. The number of carboxylic acids is 1.